The second-order valence-corrected chi connectivity index (χ2v) is 9.98. The number of amides is 1. The van der Waals surface area contributed by atoms with E-state index in [0.29, 0.717) is 22.5 Å². The summed E-state index contributed by atoms with van der Waals surface area (Å²) in [5.41, 5.74) is -0.0110. The molecule has 8 nitrogen and oxygen atoms in total. The topological polar surface area (TPSA) is 94.5 Å². The van der Waals surface area contributed by atoms with Crippen LogP contribution >= 0.6 is 0 Å². The van der Waals surface area contributed by atoms with Gasteiger partial charge in [0.25, 0.3) is 0 Å². The Kier molecular flexibility index (Phi) is 8.16. The van der Waals surface area contributed by atoms with Gasteiger partial charge in [0.15, 0.2) is 11.4 Å². The second kappa shape index (κ2) is 10.6. The summed E-state index contributed by atoms with van der Waals surface area (Å²) < 4.78 is 61.3. The van der Waals surface area contributed by atoms with Gasteiger partial charge in [-0.05, 0) is 38.3 Å². The van der Waals surface area contributed by atoms with E-state index in [2.05, 4.69) is 0 Å². The maximum atomic E-state index is 13.0. The molecule has 1 unspecified atom stereocenters. The second-order valence-electron chi connectivity index (χ2n) is 9.98. The number of esters is 1. The Balaban J connectivity index is 2.05. The van der Waals surface area contributed by atoms with E-state index in [1.807, 2.05) is 13.8 Å². The van der Waals surface area contributed by atoms with Crippen molar-refractivity contribution in [2.24, 2.45) is 5.92 Å². The zero-order chi connectivity index (χ0) is 27.7. The molecule has 0 aromatic heterocycles. The molecule has 1 aliphatic heterocycles. The van der Waals surface area contributed by atoms with Gasteiger partial charge in [-0.15, -0.1) is 0 Å². The summed E-state index contributed by atoms with van der Waals surface area (Å²) in [6.07, 6.45) is -4.41. The van der Waals surface area contributed by atoms with E-state index in [1.54, 1.807) is 19.1 Å². The van der Waals surface area contributed by atoms with Crippen molar-refractivity contribution in [3.63, 3.8) is 0 Å². The molecule has 1 amide bonds. The summed E-state index contributed by atoms with van der Waals surface area (Å²) in [5, 5.41) is 10.7. The maximum absolute atomic E-state index is 13.0. The first kappa shape index (κ1) is 28.4. The van der Waals surface area contributed by atoms with Crippen molar-refractivity contribution in [3.8, 4) is 11.5 Å². The van der Waals surface area contributed by atoms with Crippen molar-refractivity contribution in [2.75, 3.05) is 27.3 Å². The Hall–Kier alpha value is -3.21. The fourth-order valence-corrected chi connectivity index (χ4v) is 4.57. The summed E-state index contributed by atoms with van der Waals surface area (Å²) in [6.45, 7) is 5.46. The zero-order valence-electron chi connectivity index (χ0n) is 21.7. The number of aliphatic hydroxyl groups is 1. The number of hydrogen-bond acceptors (Lipinski definition) is 7. The number of alkyl halides is 3. The Morgan fingerprint density at radius 2 is 1.97 bits per heavy atom. The van der Waals surface area contributed by atoms with E-state index in [9.17, 15) is 27.9 Å². The number of benzene rings is 1. The molecule has 0 saturated carbocycles. The molecule has 1 aromatic carbocycles. The lowest BCUT2D eigenvalue weighted by molar-refractivity contribution is -0.142. The number of ether oxygens (including phenoxy) is 4. The Morgan fingerprint density at radius 3 is 2.57 bits per heavy atom. The molecule has 204 valence electrons. The van der Waals surface area contributed by atoms with E-state index in [1.165, 1.54) is 20.1 Å². The number of rotatable bonds is 6. The van der Waals surface area contributed by atoms with Crippen LogP contribution in [0.4, 0.5) is 18.0 Å². The summed E-state index contributed by atoms with van der Waals surface area (Å²) in [6, 6.07) is 3.06. The summed E-state index contributed by atoms with van der Waals surface area (Å²) in [7, 11) is 2.35. The Morgan fingerprint density at radius 1 is 1.30 bits per heavy atom. The molecule has 0 fully saturated rings. The number of carbonyl (C=O) groups excluding carboxylic acids is 2. The molecule has 2 aliphatic rings. The van der Waals surface area contributed by atoms with Gasteiger partial charge in [0, 0.05) is 24.6 Å². The largest absolute Gasteiger partial charge is 0.495 e. The summed E-state index contributed by atoms with van der Waals surface area (Å²) in [4.78, 5) is 26.1. The fraction of sp³-hybridized carbons (Fsp3) is 0.538. The molecular formula is C26H32F3NO7. The third-order valence-corrected chi connectivity index (χ3v) is 6.03. The van der Waals surface area contributed by atoms with Gasteiger partial charge in [-0.1, -0.05) is 25.5 Å². The molecular weight excluding hydrogens is 495 g/mol. The summed E-state index contributed by atoms with van der Waals surface area (Å²) in [5.74, 6) is -0.324. The van der Waals surface area contributed by atoms with Gasteiger partial charge in [0.05, 0.1) is 13.2 Å². The quantitative estimate of drug-likeness (QED) is 0.501. The van der Waals surface area contributed by atoms with E-state index in [4.69, 9.17) is 18.9 Å². The molecule has 1 aliphatic carbocycles. The molecule has 0 radical (unpaired) electrons. The molecule has 0 spiro atoms. The molecule has 3 rings (SSSR count). The van der Waals surface area contributed by atoms with Gasteiger partial charge < -0.3 is 29.0 Å². The number of fused-ring (bicyclic) bond motifs is 1. The first-order chi connectivity index (χ1) is 17.1. The van der Waals surface area contributed by atoms with Crippen LogP contribution in [0.1, 0.15) is 62.6 Å². The van der Waals surface area contributed by atoms with Crippen LogP contribution in [-0.4, -0.2) is 61.2 Å². The van der Waals surface area contributed by atoms with Crippen LogP contribution in [0.15, 0.2) is 35.1 Å². The van der Waals surface area contributed by atoms with Crippen molar-refractivity contribution in [1.29, 1.82) is 0 Å². The van der Waals surface area contributed by atoms with E-state index in [-0.39, 0.29) is 41.8 Å². The SMILES string of the molecule is COc1c([C@@H](O)CC(C)C)ccc2c1C(=O)OCC1=C(O2)C(C)(OC(=O)N(C)CC(F)(F)F)CC(C)=C1. The van der Waals surface area contributed by atoms with Crippen molar-refractivity contribution in [2.45, 2.75) is 58.4 Å². The van der Waals surface area contributed by atoms with Crippen molar-refractivity contribution >= 4 is 12.1 Å². The Labute approximate surface area is 213 Å². The molecule has 1 N–H and O–H groups in total. The van der Waals surface area contributed by atoms with Gasteiger partial charge in [0.2, 0.25) is 0 Å². The number of nitrogens with zero attached hydrogens (tertiary/aromatic N) is 1. The molecule has 0 saturated heterocycles. The summed E-state index contributed by atoms with van der Waals surface area (Å²) >= 11 is 0. The number of hydrogen-bond donors (Lipinski definition) is 1. The first-order valence-corrected chi connectivity index (χ1v) is 11.8. The lowest BCUT2D eigenvalue weighted by atomic mass is 9.86. The van der Waals surface area contributed by atoms with Crippen LogP contribution in [-0.2, 0) is 9.47 Å². The van der Waals surface area contributed by atoms with Crippen LogP contribution in [0.25, 0.3) is 0 Å². The number of halogens is 3. The fourth-order valence-electron chi connectivity index (χ4n) is 4.57. The highest BCUT2D eigenvalue weighted by Gasteiger charge is 2.44. The lowest BCUT2D eigenvalue weighted by Gasteiger charge is -2.38. The highest BCUT2D eigenvalue weighted by atomic mass is 19.4. The highest BCUT2D eigenvalue weighted by Crippen LogP contribution is 2.44. The number of carbonyl (C=O) groups is 2. The normalized spacial score (nSPS) is 20.5. The molecule has 11 heteroatoms. The lowest BCUT2D eigenvalue weighted by Crippen LogP contribution is -2.45. The zero-order valence-corrected chi connectivity index (χ0v) is 21.7. The third kappa shape index (κ3) is 6.38. The third-order valence-electron chi connectivity index (χ3n) is 6.03. The van der Waals surface area contributed by atoms with E-state index in [0.717, 1.165) is 12.6 Å². The van der Waals surface area contributed by atoms with Gasteiger partial charge in [-0.2, -0.15) is 13.2 Å². The minimum atomic E-state index is -4.60. The first-order valence-electron chi connectivity index (χ1n) is 11.8. The molecule has 2 atom stereocenters. The number of methoxy groups -OCH3 is 1. The van der Waals surface area contributed by atoms with Gasteiger partial charge >= 0.3 is 18.2 Å². The van der Waals surface area contributed by atoms with Gasteiger partial charge in [0.1, 0.15) is 30.2 Å². The van der Waals surface area contributed by atoms with Gasteiger partial charge in [-0.3, -0.25) is 0 Å². The Bertz CT molecular complexity index is 1130. The van der Waals surface area contributed by atoms with Crippen LogP contribution in [0.2, 0.25) is 0 Å². The number of aliphatic hydroxyl groups excluding tert-OH is 1. The van der Waals surface area contributed by atoms with E-state index < -0.39 is 36.5 Å². The standard InChI is InChI=1S/C26H32F3NO7/c1-14(2)9-18(31)17-7-8-19-20(21(17)34-6)23(32)35-12-16-10-15(3)11-25(4,22(16)36-19)37-24(33)30(5)13-26(27,28)29/h7-8,10,14,18,31H,9,11-13H2,1-6H3/t18-,25?/m0/s1. The number of cyclic esters (lactones) is 1. The van der Waals surface area contributed by atoms with Gasteiger partial charge in [-0.25, -0.2) is 9.59 Å². The van der Waals surface area contributed by atoms with Crippen molar-refractivity contribution < 1.29 is 46.8 Å². The average Bonchev–Trinajstić information content (AvgIpc) is 2.75. The van der Waals surface area contributed by atoms with Crippen LogP contribution in [0.3, 0.4) is 0 Å². The monoisotopic (exact) mass is 527 g/mol. The smallest absolute Gasteiger partial charge is 0.410 e. The van der Waals surface area contributed by atoms with Crippen LogP contribution < -0.4 is 9.47 Å². The average molecular weight is 528 g/mol. The van der Waals surface area contributed by atoms with Crippen molar-refractivity contribution in [3.05, 3.63) is 46.2 Å². The molecule has 1 heterocycles. The molecule has 37 heavy (non-hydrogen) atoms. The minimum absolute atomic E-state index is 0.0356. The minimum Gasteiger partial charge on any atom is -0.495 e. The van der Waals surface area contributed by atoms with Crippen molar-refractivity contribution in [1.82, 2.24) is 4.90 Å². The maximum Gasteiger partial charge on any atom is 0.410 e. The van der Waals surface area contributed by atoms with E-state index >= 15 is 0 Å². The molecule has 1 aromatic rings. The predicted octanol–water partition coefficient (Wildman–Crippen LogP) is 5.32. The van der Waals surface area contributed by atoms with Crippen LogP contribution in [0.5, 0.6) is 11.5 Å². The van der Waals surface area contributed by atoms with Crippen LogP contribution in [0, 0.1) is 5.92 Å². The predicted molar refractivity (Wildman–Crippen MR) is 127 cm³/mol. The molecule has 0 bridgehead atoms. The highest BCUT2D eigenvalue weighted by molar-refractivity contribution is 5.96.